The van der Waals surface area contributed by atoms with Crippen LogP contribution in [0.2, 0.25) is 0 Å². The minimum atomic E-state index is -0.801. The van der Waals surface area contributed by atoms with Crippen molar-refractivity contribution < 1.29 is 19.4 Å². The first-order chi connectivity index (χ1) is 12.2. The Balaban J connectivity index is 1.66. The normalized spacial score (nSPS) is 25.6. The number of urea groups is 1. The van der Waals surface area contributed by atoms with Crippen molar-refractivity contribution in [2.24, 2.45) is 0 Å². The Bertz CT molecular complexity index is 494. The van der Waals surface area contributed by atoms with Crippen molar-refractivity contribution >= 4 is 12.0 Å². The molecule has 8 nitrogen and oxygen atoms in total. The van der Waals surface area contributed by atoms with E-state index in [1.165, 1.54) is 0 Å². The van der Waals surface area contributed by atoms with Gasteiger partial charge in [0.1, 0.15) is 0 Å². The van der Waals surface area contributed by atoms with Crippen LogP contribution < -0.4 is 5.32 Å². The van der Waals surface area contributed by atoms with Crippen LogP contribution in [0.25, 0.3) is 0 Å². The quantitative estimate of drug-likeness (QED) is 0.653. The van der Waals surface area contributed by atoms with Gasteiger partial charge < -0.3 is 20.1 Å². The maximum atomic E-state index is 12.3. The van der Waals surface area contributed by atoms with Crippen molar-refractivity contribution in [2.45, 2.75) is 51.3 Å². The van der Waals surface area contributed by atoms with Crippen molar-refractivity contribution in [1.29, 1.82) is 0 Å². The van der Waals surface area contributed by atoms with Crippen LogP contribution in [0, 0.1) is 0 Å². The highest BCUT2D eigenvalue weighted by atomic mass is 16.5. The zero-order chi connectivity index (χ0) is 19.3. The summed E-state index contributed by atoms with van der Waals surface area (Å²) in [5.74, 6) is -0.801. The second-order valence-electron chi connectivity index (χ2n) is 8.03. The molecule has 0 spiro atoms. The zero-order valence-corrected chi connectivity index (χ0v) is 16.5. The summed E-state index contributed by atoms with van der Waals surface area (Å²) in [5.41, 5.74) is -0.124. The topological polar surface area (TPSA) is 85.4 Å². The number of carbonyl (C=O) groups excluding carboxylic acids is 1. The molecule has 1 saturated carbocycles. The van der Waals surface area contributed by atoms with Gasteiger partial charge in [0.2, 0.25) is 0 Å². The summed E-state index contributed by atoms with van der Waals surface area (Å²) in [6.45, 7) is 11.0. The van der Waals surface area contributed by atoms with E-state index >= 15 is 0 Å². The Kier molecular flexibility index (Phi) is 7.25. The molecule has 150 valence electrons. The number of rotatable bonds is 8. The van der Waals surface area contributed by atoms with Gasteiger partial charge in [0.25, 0.3) is 0 Å². The lowest BCUT2D eigenvalue weighted by molar-refractivity contribution is -0.139. The average Bonchev–Trinajstić information content (AvgIpc) is 2.52. The number of nitrogens with one attached hydrogen (secondary N) is 1. The molecule has 0 aromatic rings. The van der Waals surface area contributed by atoms with Crippen LogP contribution in [-0.2, 0) is 9.53 Å². The van der Waals surface area contributed by atoms with E-state index in [4.69, 9.17) is 9.84 Å². The fourth-order valence-electron chi connectivity index (χ4n) is 3.66. The fraction of sp³-hybridized carbons (Fsp3) is 0.889. The third-order valence-corrected chi connectivity index (χ3v) is 5.30. The Labute approximate surface area is 156 Å². The van der Waals surface area contributed by atoms with Gasteiger partial charge in [-0.1, -0.05) is 6.92 Å². The van der Waals surface area contributed by atoms with Crippen LogP contribution in [-0.4, -0.2) is 102 Å². The predicted octanol–water partition coefficient (Wildman–Crippen LogP) is 0.676. The summed E-state index contributed by atoms with van der Waals surface area (Å²) in [4.78, 5) is 29.2. The summed E-state index contributed by atoms with van der Waals surface area (Å²) in [7, 11) is 1.82. The maximum absolute atomic E-state index is 12.3. The minimum absolute atomic E-state index is 0.0535. The van der Waals surface area contributed by atoms with E-state index in [2.05, 4.69) is 24.1 Å². The highest BCUT2D eigenvalue weighted by molar-refractivity contribution is 5.74. The van der Waals surface area contributed by atoms with E-state index in [0.29, 0.717) is 13.1 Å². The molecule has 2 N–H and O–H groups in total. The number of carbonyl (C=O) groups is 2. The summed E-state index contributed by atoms with van der Waals surface area (Å²) in [6.07, 6.45) is 1.64. The molecule has 8 heteroatoms. The molecule has 0 aromatic carbocycles. The highest BCUT2D eigenvalue weighted by Gasteiger charge is 2.35. The van der Waals surface area contributed by atoms with Crippen molar-refractivity contribution in [1.82, 2.24) is 20.0 Å². The SMILES string of the molecule is CCN(CC(=O)O)C1CC(NC(=O)N(C)CCN2CCOC(C)(C)C2)C1. The van der Waals surface area contributed by atoms with E-state index in [1.54, 1.807) is 4.90 Å². The fourth-order valence-corrected chi connectivity index (χ4v) is 3.66. The molecule has 2 fully saturated rings. The summed E-state index contributed by atoms with van der Waals surface area (Å²) >= 11 is 0. The molecule has 1 aliphatic carbocycles. The summed E-state index contributed by atoms with van der Waals surface area (Å²) < 4.78 is 5.71. The second kappa shape index (κ2) is 9.01. The number of carboxylic acids is 1. The molecular formula is C18H34N4O4. The minimum Gasteiger partial charge on any atom is -0.480 e. The molecule has 0 atom stereocenters. The van der Waals surface area contributed by atoms with Gasteiger partial charge in [0.15, 0.2) is 0 Å². The second-order valence-corrected chi connectivity index (χ2v) is 8.03. The summed E-state index contributed by atoms with van der Waals surface area (Å²) in [5, 5.41) is 12.0. The van der Waals surface area contributed by atoms with E-state index in [0.717, 1.165) is 39.1 Å². The molecule has 2 rings (SSSR count). The monoisotopic (exact) mass is 370 g/mol. The lowest BCUT2D eigenvalue weighted by atomic mass is 9.85. The molecule has 0 aromatic heterocycles. The molecule has 0 radical (unpaired) electrons. The van der Waals surface area contributed by atoms with Crippen LogP contribution in [0.3, 0.4) is 0 Å². The first-order valence-electron chi connectivity index (χ1n) is 9.54. The first kappa shape index (κ1) is 20.9. The number of likely N-dealkylation sites (N-methyl/N-ethyl adjacent to an activating group) is 2. The van der Waals surface area contributed by atoms with Crippen LogP contribution >= 0.6 is 0 Å². The predicted molar refractivity (Wildman–Crippen MR) is 99.3 cm³/mol. The van der Waals surface area contributed by atoms with E-state index in [9.17, 15) is 9.59 Å². The van der Waals surface area contributed by atoms with Crippen molar-refractivity contribution in [3.8, 4) is 0 Å². The Morgan fingerprint density at radius 1 is 1.35 bits per heavy atom. The van der Waals surface area contributed by atoms with Crippen molar-refractivity contribution in [3.63, 3.8) is 0 Å². The molecule has 1 saturated heterocycles. The molecular weight excluding hydrogens is 336 g/mol. The van der Waals surface area contributed by atoms with E-state index in [1.807, 2.05) is 18.9 Å². The Morgan fingerprint density at radius 2 is 2.04 bits per heavy atom. The number of hydrogen-bond donors (Lipinski definition) is 2. The van der Waals surface area contributed by atoms with Crippen LogP contribution in [0.5, 0.6) is 0 Å². The number of morpholine rings is 1. The first-order valence-corrected chi connectivity index (χ1v) is 9.54. The van der Waals surface area contributed by atoms with E-state index < -0.39 is 5.97 Å². The van der Waals surface area contributed by atoms with Crippen LogP contribution in [0.4, 0.5) is 4.79 Å². The van der Waals surface area contributed by atoms with Gasteiger partial charge in [-0.15, -0.1) is 0 Å². The number of ether oxygens (including phenoxy) is 1. The van der Waals surface area contributed by atoms with Gasteiger partial charge in [-0.05, 0) is 33.2 Å². The zero-order valence-electron chi connectivity index (χ0n) is 16.5. The highest BCUT2D eigenvalue weighted by Crippen LogP contribution is 2.25. The molecule has 1 aliphatic heterocycles. The summed E-state index contributed by atoms with van der Waals surface area (Å²) in [6, 6.07) is 0.338. The molecule has 2 amide bonds. The molecule has 1 heterocycles. The van der Waals surface area contributed by atoms with Crippen molar-refractivity contribution in [2.75, 3.05) is 52.9 Å². The number of amides is 2. The van der Waals surface area contributed by atoms with Gasteiger partial charge in [-0.25, -0.2) is 4.79 Å². The Hall–Kier alpha value is -1.38. The third kappa shape index (κ3) is 6.10. The molecule has 0 unspecified atom stereocenters. The third-order valence-electron chi connectivity index (χ3n) is 5.30. The van der Waals surface area contributed by atoms with Crippen molar-refractivity contribution in [3.05, 3.63) is 0 Å². The lowest BCUT2D eigenvalue weighted by Gasteiger charge is -2.42. The van der Waals surface area contributed by atoms with Gasteiger partial charge in [0, 0.05) is 45.3 Å². The number of carboxylic acid groups (broad SMARTS) is 1. The molecule has 0 bridgehead atoms. The van der Waals surface area contributed by atoms with Gasteiger partial charge >= 0.3 is 12.0 Å². The number of hydrogen-bond acceptors (Lipinski definition) is 5. The van der Waals surface area contributed by atoms with Crippen LogP contribution in [0.1, 0.15) is 33.6 Å². The van der Waals surface area contributed by atoms with E-state index in [-0.39, 0.29) is 30.3 Å². The van der Waals surface area contributed by atoms with Crippen LogP contribution in [0.15, 0.2) is 0 Å². The number of nitrogens with zero attached hydrogens (tertiary/aromatic N) is 3. The maximum Gasteiger partial charge on any atom is 0.317 e. The largest absolute Gasteiger partial charge is 0.480 e. The standard InChI is InChI=1S/C18H34N4O4/c1-5-22(12-16(23)24)15-10-14(11-15)19-17(25)20(4)6-7-21-8-9-26-18(2,3)13-21/h14-15H,5-13H2,1-4H3,(H,19,25)(H,23,24). The number of aliphatic carboxylic acids is 1. The van der Waals surface area contributed by atoms with Gasteiger partial charge in [-0.2, -0.15) is 0 Å². The Morgan fingerprint density at radius 3 is 2.62 bits per heavy atom. The van der Waals surface area contributed by atoms with Gasteiger partial charge in [-0.3, -0.25) is 14.6 Å². The molecule has 2 aliphatic rings. The average molecular weight is 370 g/mol. The smallest absolute Gasteiger partial charge is 0.317 e. The molecule has 26 heavy (non-hydrogen) atoms. The van der Waals surface area contributed by atoms with Gasteiger partial charge in [0.05, 0.1) is 18.8 Å². The lowest BCUT2D eigenvalue weighted by Crippen LogP contribution is -2.57.